The topological polar surface area (TPSA) is 39.0 Å². The summed E-state index contributed by atoms with van der Waals surface area (Å²) in [4.78, 5) is 12.0. The van der Waals surface area contributed by atoms with Crippen molar-refractivity contribution in [3.63, 3.8) is 0 Å². The van der Waals surface area contributed by atoms with Gasteiger partial charge in [0.2, 0.25) is 0 Å². The maximum Gasteiger partial charge on any atom is 0.328 e. The molecule has 1 heterocycles. The van der Waals surface area contributed by atoms with Crippen molar-refractivity contribution < 1.29 is 0 Å². The van der Waals surface area contributed by atoms with Crippen LogP contribution in [-0.4, -0.2) is 15.7 Å². The molecule has 1 aromatic heterocycles. The van der Waals surface area contributed by atoms with Crippen LogP contribution in [0, 0.1) is 0 Å². The van der Waals surface area contributed by atoms with E-state index in [0.29, 0.717) is 10.0 Å². The zero-order valence-corrected chi connectivity index (χ0v) is 15.2. The monoisotopic (exact) mass is 363 g/mol. The van der Waals surface area contributed by atoms with Gasteiger partial charge in [0.05, 0.1) is 11.0 Å². The molecule has 3 aromatic rings. The van der Waals surface area contributed by atoms with Gasteiger partial charge in [0.25, 0.3) is 0 Å². The maximum atomic E-state index is 12.0. The fourth-order valence-electron chi connectivity index (χ4n) is 2.84. The molecule has 1 N–H and O–H groups in total. The number of nitrogens with zero attached hydrogens (tertiary/aromatic N) is 2. The number of imidazole rings is 1. The molecular formula is C18H19Cl2N3O. The van der Waals surface area contributed by atoms with E-state index in [9.17, 15) is 4.79 Å². The summed E-state index contributed by atoms with van der Waals surface area (Å²) in [5.41, 5.74) is 4.11. The third-order valence-corrected chi connectivity index (χ3v) is 4.84. The molecule has 0 saturated heterocycles. The van der Waals surface area contributed by atoms with Gasteiger partial charge in [0, 0.05) is 30.7 Å². The van der Waals surface area contributed by atoms with Gasteiger partial charge in [0.15, 0.2) is 0 Å². The van der Waals surface area contributed by atoms with E-state index in [2.05, 4.69) is 11.4 Å². The van der Waals surface area contributed by atoms with Crippen molar-refractivity contribution in [3.8, 4) is 0 Å². The fourth-order valence-corrected chi connectivity index (χ4v) is 3.35. The second-order valence-electron chi connectivity index (χ2n) is 5.89. The Kier molecular flexibility index (Phi) is 4.99. The third kappa shape index (κ3) is 3.36. The predicted octanol–water partition coefficient (Wildman–Crippen LogP) is 3.52. The lowest BCUT2D eigenvalue weighted by Gasteiger charge is -2.07. The molecule has 0 aliphatic rings. The summed E-state index contributed by atoms with van der Waals surface area (Å²) < 4.78 is 3.33. The van der Waals surface area contributed by atoms with Crippen molar-refractivity contribution in [1.29, 1.82) is 0 Å². The number of hydrogen-bond donors (Lipinski definition) is 1. The highest BCUT2D eigenvalue weighted by Gasteiger charge is 2.08. The Balaban J connectivity index is 1.64. The van der Waals surface area contributed by atoms with Gasteiger partial charge >= 0.3 is 5.69 Å². The highest BCUT2D eigenvalue weighted by atomic mass is 35.5. The van der Waals surface area contributed by atoms with Crippen LogP contribution in [0.5, 0.6) is 0 Å². The Hall–Kier alpha value is -1.75. The van der Waals surface area contributed by atoms with Gasteiger partial charge in [-0.2, -0.15) is 0 Å². The molecule has 6 heteroatoms. The second kappa shape index (κ2) is 7.01. The molecule has 126 valence electrons. The average molecular weight is 364 g/mol. The Bertz CT molecular complexity index is 943. The molecule has 0 aliphatic heterocycles. The third-order valence-electron chi connectivity index (χ3n) is 4.25. The van der Waals surface area contributed by atoms with Crippen LogP contribution in [0.15, 0.2) is 41.2 Å². The fraction of sp³-hybridized carbons (Fsp3) is 0.278. The molecule has 24 heavy (non-hydrogen) atoms. The summed E-state index contributed by atoms with van der Waals surface area (Å²) >= 11 is 12.1. The average Bonchev–Trinajstić information content (AvgIpc) is 2.78. The quantitative estimate of drug-likeness (QED) is 0.704. The van der Waals surface area contributed by atoms with Gasteiger partial charge in [-0.3, -0.25) is 9.13 Å². The van der Waals surface area contributed by atoms with Crippen molar-refractivity contribution in [2.24, 2.45) is 14.1 Å². The largest absolute Gasteiger partial charge is 0.328 e. The highest BCUT2D eigenvalue weighted by molar-refractivity contribution is 6.35. The van der Waals surface area contributed by atoms with E-state index in [1.807, 2.05) is 24.3 Å². The summed E-state index contributed by atoms with van der Waals surface area (Å²) in [6.07, 6.45) is 0.835. The molecule has 0 aliphatic carbocycles. The number of aryl methyl sites for hydroxylation is 2. The lowest BCUT2D eigenvalue weighted by molar-refractivity contribution is 0.687. The Morgan fingerprint density at radius 3 is 2.50 bits per heavy atom. The van der Waals surface area contributed by atoms with Crippen molar-refractivity contribution >= 4 is 34.2 Å². The van der Waals surface area contributed by atoms with Crippen LogP contribution >= 0.6 is 23.2 Å². The van der Waals surface area contributed by atoms with Crippen LogP contribution in [-0.2, 0) is 27.1 Å². The number of fused-ring (bicyclic) bond motifs is 1. The number of benzene rings is 2. The van der Waals surface area contributed by atoms with Crippen LogP contribution in [0.1, 0.15) is 11.1 Å². The van der Waals surface area contributed by atoms with E-state index in [0.717, 1.165) is 41.7 Å². The molecular weight excluding hydrogens is 345 g/mol. The Labute approximate surface area is 150 Å². The van der Waals surface area contributed by atoms with Crippen LogP contribution in [0.4, 0.5) is 0 Å². The van der Waals surface area contributed by atoms with Gasteiger partial charge in [0.1, 0.15) is 0 Å². The lowest BCUT2D eigenvalue weighted by atomic mass is 10.1. The number of rotatable bonds is 5. The first-order valence-corrected chi connectivity index (χ1v) is 8.52. The molecule has 0 spiro atoms. The number of hydrogen-bond acceptors (Lipinski definition) is 2. The zero-order valence-electron chi connectivity index (χ0n) is 13.6. The standard InChI is InChI=1S/C18H19Cl2N3O/c1-22-16-6-3-12(9-17(16)23(2)18(22)24)11-21-8-7-13-4-5-14(19)10-15(13)20/h3-6,9-10,21H,7-8,11H2,1-2H3. The number of aromatic nitrogens is 2. The highest BCUT2D eigenvalue weighted by Crippen LogP contribution is 2.21. The molecule has 0 unspecified atom stereocenters. The molecule has 0 bridgehead atoms. The first-order valence-electron chi connectivity index (χ1n) is 7.76. The smallest absolute Gasteiger partial charge is 0.312 e. The van der Waals surface area contributed by atoms with Gasteiger partial charge in [-0.1, -0.05) is 35.3 Å². The minimum absolute atomic E-state index is 0.00695. The van der Waals surface area contributed by atoms with Crippen molar-refractivity contribution in [2.75, 3.05) is 6.54 Å². The van der Waals surface area contributed by atoms with E-state index < -0.39 is 0 Å². The predicted molar refractivity (Wildman–Crippen MR) is 100 cm³/mol. The maximum absolute atomic E-state index is 12.0. The summed E-state index contributed by atoms with van der Waals surface area (Å²) in [5, 5.41) is 4.76. The number of halogens is 2. The van der Waals surface area contributed by atoms with Gasteiger partial charge in [-0.25, -0.2) is 4.79 Å². The van der Waals surface area contributed by atoms with Crippen molar-refractivity contribution in [3.05, 3.63) is 68.1 Å². The molecule has 0 saturated carbocycles. The van der Waals surface area contributed by atoms with Gasteiger partial charge in [-0.15, -0.1) is 0 Å². The van der Waals surface area contributed by atoms with E-state index in [-0.39, 0.29) is 5.69 Å². The van der Waals surface area contributed by atoms with Gasteiger partial charge in [-0.05, 0) is 48.4 Å². The minimum atomic E-state index is -0.00695. The van der Waals surface area contributed by atoms with Crippen molar-refractivity contribution in [2.45, 2.75) is 13.0 Å². The summed E-state index contributed by atoms with van der Waals surface area (Å²) in [6, 6.07) is 11.7. The molecule has 2 aromatic carbocycles. The van der Waals surface area contributed by atoms with Gasteiger partial charge < -0.3 is 5.32 Å². The van der Waals surface area contributed by atoms with E-state index in [1.165, 1.54) is 0 Å². The van der Waals surface area contributed by atoms with Crippen LogP contribution < -0.4 is 11.0 Å². The van der Waals surface area contributed by atoms with Crippen LogP contribution in [0.2, 0.25) is 10.0 Å². The lowest BCUT2D eigenvalue weighted by Crippen LogP contribution is -2.19. The molecule has 0 fully saturated rings. The Morgan fingerprint density at radius 2 is 1.75 bits per heavy atom. The Morgan fingerprint density at radius 1 is 1.00 bits per heavy atom. The van der Waals surface area contributed by atoms with E-state index in [1.54, 1.807) is 29.3 Å². The zero-order chi connectivity index (χ0) is 17.3. The van der Waals surface area contributed by atoms with E-state index >= 15 is 0 Å². The first kappa shape index (κ1) is 17.1. The van der Waals surface area contributed by atoms with Crippen LogP contribution in [0.3, 0.4) is 0 Å². The second-order valence-corrected chi connectivity index (χ2v) is 6.73. The van der Waals surface area contributed by atoms with Crippen LogP contribution in [0.25, 0.3) is 11.0 Å². The molecule has 0 atom stereocenters. The summed E-state index contributed by atoms with van der Waals surface area (Å²) in [7, 11) is 3.59. The molecule has 0 amide bonds. The molecule has 3 rings (SSSR count). The van der Waals surface area contributed by atoms with E-state index in [4.69, 9.17) is 23.2 Å². The van der Waals surface area contributed by atoms with Crippen molar-refractivity contribution in [1.82, 2.24) is 14.5 Å². The minimum Gasteiger partial charge on any atom is -0.312 e. The first-order chi connectivity index (χ1) is 11.5. The normalized spacial score (nSPS) is 11.3. The summed E-state index contributed by atoms with van der Waals surface area (Å²) in [6.45, 7) is 1.55. The summed E-state index contributed by atoms with van der Waals surface area (Å²) in [5.74, 6) is 0. The molecule has 4 nitrogen and oxygen atoms in total. The SMILES string of the molecule is Cn1c(=O)n(C)c2cc(CNCCc3ccc(Cl)cc3Cl)ccc21. The number of nitrogens with one attached hydrogen (secondary N) is 1. The molecule has 0 radical (unpaired) electrons.